The predicted molar refractivity (Wildman–Crippen MR) is 113 cm³/mol. The van der Waals surface area contributed by atoms with Crippen LogP contribution in [0, 0.1) is 0 Å². The van der Waals surface area contributed by atoms with Gasteiger partial charge >= 0.3 is 0 Å². The third-order valence-corrected chi connectivity index (χ3v) is 5.16. The Morgan fingerprint density at radius 1 is 0.964 bits per heavy atom. The maximum atomic E-state index is 12.2. The van der Waals surface area contributed by atoms with Crippen LogP contribution >= 0.6 is 0 Å². The van der Waals surface area contributed by atoms with Crippen LogP contribution in [0.4, 0.5) is 11.4 Å². The number of hydrogen-bond acceptors (Lipinski definition) is 3. The molecule has 1 N–H and O–H groups in total. The van der Waals surface area contributed by atoms with Gasteiger partial charge in [-0.2, -0.15) is 0 Å². The summed E-state index contributed by atoms with van der Waals surface area (Å²) in [5, 5.41) is 2.91. The smallest absolute Gasteiger partial charge is 0.223 e. The zero-order valence-corrected chi connectivity index (χ0v) is 16.6. The molecule has 1 aliphatic rings. The van der Waals surface area contributed by atoms with Crippen LogP contribution in [-0.2, 0) is 16.1 Å². The van der Waals surface area contributed by atoms with Crippen LogP contribution < -0.4 is 15.1 Å². The molecule has 0 spiro atoms. The van der Waals surface area contributed by atoms with Crippen molar-refractivity contribution in [2.75, 3.05) is 29.4 Å². The topological polar surface area (TPSA) is 52.7 Å². The Balaban J connectivity index is 1.54. The molecular weight excluding hydrogens is 350 g/mol. The highest BCUT2D eigenvalue weighted by atomic mass is 16.2. The summed E-state index contributed by atoms with van der Waals surface area (Å²) in [6, 6.07) is 17.9. The number of amides is 2. The Bertz CT molecular complexity index is 768. The number of benzene rings is 2. The summed E-state index contributed by atoms with van der Waals surface area (Å²) in [6.45, 7) is 4.61. The Hall–Kier alpha value is -2.82. The highest BCUT2D eigenvalue weighted by Crippen LogP contribution is 2.24. The van der Waals surface area contributed by atoms with Gasteiger partial charge in [-0.1, -0.05) is 30.3 Å². The molecule has 3 rings (SSSR count). The van der Waals surface area contributed by atoms with Crippen molar-refractivity contribution in [2.24, 2.45) is 0 Å². The first-order chi connectivity index (χ1) is 13.6. The Morgan fingerprint density at radius 2 is 1.64 bits per heavy atom. The zero-order valence-electron chi connectivity index (χ0n) is 16.6. The molecule has 1 saturated heterocycles. The first-order valence-electron chi connectivity index (χ1n) is 10.1. The second-order valence-corrected chi connectivity index (χ2v) is 7.25. The van der Waals surface area contributed by atoms with Crippen molar-refractivity contribution in [2.45, 2.75) is 39.2 Å². The van der Waals surface area contributed by atoms with Gasteiger partial charge in [0.05, 0.1) is 0 Å². The molecule has 0 unspecified atom stereocenters. The largest absolute Gasteiger partial charge is 0.372 e. The molecule has 1 aliphatic heterocycles. The van der Waals surface area contributed by atoms with E-state index in [1.165, 1.54) is 24.9 Å². The van der Waals surface area contributed by atoms with E-state index in [-0.39, 0.29) is 18.2 Å². The summed E-state index contributed by atoms with van der Waals surface area (Å²) in [4.78, 5) is 28.3. The van der Waals surface area contributed by atoms with Gasteiger partial charge in [-0.15, -0.1) is 0 Å². The van der Waals surface area contributed by atoms with Gasteiger partial charge < -0.3 is 15.1 Å². The fourth-order valence-corrected chi connectivity index (χ4v) is 3.56. The number of rotatable bonds is 7. The monoisotopic (exact) mass is 379 g/mol. The zero-order chi connectivity index (χ0) is 19.8. The number of carbonyl (C=O) groups excluding carboxylic acids is 2. The van der Waals surface area contributed by atoms with Crippen molar-refractivity contribution in [3.8, 4) is 0 Å². The number of anilines is 2. The summed E-state index contributed by atoms with van der Waals surface area (Å²) in [5.74, 6) is -0.110. The summed E-state index contributed by atoms with van der Waals surface area (Å²) in [6.07, 6.45) is 4.05. The predicted octanol–water partition coefficient (Wildman–Crippen LogP) is 3.74. The highest BCUT2D eigenvalue weighted by Gasteiger charge is 2.15. The average Bonchev–Trinajstić information content (AvgIpc) is 2.74. The molecule has 1 fully saturated rings. The molecule has 0 aromatic heterocycles. The summed E-state index contributed by atoms with van der Waals surface area (Å²) >= 11 is 0. The Kier molecular flexibility index (Phi) is 7.06. The van der Waals surface area contributed by atoms with E-state index < -0.39 is 0 Å². The van der Waals surface area contributed by atoms with Gasteiger partial charge in [-0.3, -0.25) is 9.59 Å². The maximum Gasteiger partial charge on any atom is 0.223 e. The molecule has 28 heavy (non-hydrogen) atoms. The standard InChI is InChI=1S/C23H29N3O2/c1-19(27)26(17-14-23(28)24-18-20-8-4-2-5-9-20)22-12-10-21(11-13-22)25-15-6-3-7-16-25/h2,4-5,8-13H,3,6-7,14-18H2,1H3,(H,24,28). The number of hydrogen-bond donors (Lipinski definition) is 1. The van der Waals surface area contributed by atoms with E-state index in [4.69, 9.17) is 0 Å². The minimum absolute atomic E-state index is 0.0541. The van der Waals surface area contributed by atoms with Crippen LogP contribution in [0.2, 0.25) is 0 Å². The number of carbonyl (C=O) groups is 2. The van der Waals surface area contributed by atoms with Crippen LogP contribution in [0.3, 0.4) is 0 Å². The molecule has 0 bridgehead atoms. The van der Waals surface area contributed by atoms with E-state index >= 15 is 0 Å². The van der Waals surface area contributed by atoms with Gasteiger partial charge in [-0.05, 0) is 49.1 Å². The highest BCUT2D eigenvalue weighted by molar-refractivity contribution is 5.92. The van der Waals surface area contributed by atoms with Gasteiger partial charge in [0.25, 0.3) is 0 Å². The van der Waals surface area contributed by atoms with Gasteiger partial charge in [0.2, 0.25) is 11.8 Å². The fraction of sp³-hybridized carbons (Fsp3) is 0.391. The molecule has 0 atom stereocenters. The molecule has 2 aromatic carbocycles. The third-order valence-electron chi connectivity index (χ3n) is 5.16. The molecule has 0 aliphatic carbocycles. The Labute approximate surface area is 167 Å². The summed E-state index contributed by atoms with van der Waals surface area (Å²) in [7, 11) is 0. The van der Waals surface area contributed by atoms with E-state index in [2.05, 4.69) is 22.3 Å². The van der Waals surface area contributed by atoms with E-state index in [0.29, 0.717) is 13.1 Å². The first kappa shape index (κ1) is 19.9. The SMILES string of the molecule is CC(=O)N(CCC(=O)NCc1ccccc1)c1ccc(N2CCCCC2)cc1. The van der Waals surface area contributed by atoms with Crippen LogP contribution in [0.5, 0.6) is 0 Å². The molecule has 2 amide bonds. The minimum Gasteiger partial charge on any atom is -0.372 e. The van der Waals surface area contributed by atoms with Crippen molar-refractivity contribution < 1.29 is 9.59 Å². The van der Waals surface area contributed by atoms with Gasteiger partial charge in [0.1, 0.15) is 0 Å². The average molecular weight is 380 g/mol. The van der Waals surface area contributed by atoms with E-state index in [0.717, 1.165) is 24.3 Å². The number of nitrogens with one attached hydrogen (secondary N) is 1. The minimum atomic E-state index is -0.0555. The van der Waals surface area contributed by atoms with Gasteiger partial charge in [0, 0.05) is 50.9 Å². The first-order valence-corrected chi connectivity index (χ1v) is 10.1. The van der Waals surface area contributed by atoms with Crippen molar-refractivity contribution >= 4 is 23.2 Å². The molecule has 5 heteroatoms. The van der Waals surface area contributed by atoms with E-state index in [1.54, 1.807) is 11.8 Å². The summed E-state index contributed by atoms with van der Waals surface area (Å²) < 4.78 is 0. The quantitative estimate of drug-likeness (QED) is 0.797. The van der Waals surface area contributed by atoms with E-state index in [9.17, 15) is 9.59 Å². The molecule has 5 nitrogen and oxygen atoms in total. The maximum absolute atomic E-state index is 12.2. The second kappa shape index (κ2) is 9.93. The Morgan fingerprint density at radius 3 is 2.29 bits per heavy atom. The normalized spacial score (nSPS) is 13.8. The van der Waals surface area contributed by atoms with Crippen LogP contribution in [0.15, 0.2) is 54.6 Å². The lowest BCUT2D eigenvalue weighted by atomic mass is 10.1. The molecular formula is C23H29N3O2. The summed E-state index contributed by atoms with van der Waals surface area (Å²) in [5.41, 5.74) is 3.10. The van der Waals surface area contributed by atoms with Crippen molar-refractivity contribution in [1.82, 2.24) is 5.32 Å². The van der Waals surface area contributed by atoms with Crippen LogP contribution in [0.1, 0.15) is 38.2 Å². The van der Waals surface area contributed by atoms with Crippen molar-refractivity contribution in [3.63, 3.8) is 0 Å². The van der Waals surface area contributed by atoms with Gasteiger partial charge in [0.15, 0.2) is 0 Å². The lowest BCUT2D eigenvalue weighted by Gasteiger charge is -2.29. The molecule has 1 heterocycles. The third kappa shape index (κ3) is 5.59. The molecule has 0 saturated carbocycles. The van der Waals surface area contributed by atoms with Crippen molar-refractivity contribution in [1.29, 1.82) is 0 Å². The second-order valence-electron chi connectivity index (χ2n) is 7.25. The van der Waals surface area contributed by atoms with Crippen LogP contribution in [-0.4, -0.2) is 31.4 Å². The van der Waals surface area contributed by atoms with Crippen molar-refractivity contribution in [3.05, 3.63) is 60.2 Å². The number of nitrogens with zero attached hydrogens (tertiary/aromatic N) is 2. The molecule has 0 radical (unpaired) electrons. The lowest BCUT2D eigenvalue weighted by Crippen LogP contribution is -2.34. The lowest BCUT2D eigenvalue weighted by molar-refractivity contribution is -0.121. The molecule has 148 valence electrons. The van der Waals surface area contributed by atoms with E-state index in [1.807, 2.05) is 42.5 Å². The molecule has 2 aromatic rings. The number of piperidine rings is 1. The van der Waals surface area contributed by atoms with Gasteiger partial charge in [-0.25, -0.2) is 0 Å². The van der Waals surface area contributed by atoms with Crippen LogP contribution in [0.25, 0.3) is 0 Å². The fourth-order valence-electron chi connectivity index (χ4n) is 3.56.